The van der Waals surface area contributed by atoms with Crippen LogP contribution in [0.25, 0.3) is 0 Å². The molecule has 2 aliphatic heterocycles. The molecule has 2 fully saturated rings. The minimum atomic E-state index is -0.184. The maximum atomic E-state index is 13.8. The Morgan fingerprint density at radius 2 is 1.96 bits per heavy atom. The van der Waals surface area contributed by atoms with Gasteiger partial charge in [-0.25, -0.2) is 9.37 Å². The molecule has 0 aliphatic carbocycles. The highest BCUT2D eigenvalue weighted by Gasteiger charge is 2.30. The molecule has 4 rings (SSSR count). The lowest BCUT2D eigenvalue weighted by molar-refractivity contribution is 0.0891. The van der Waals surface area contributed by atoms with E-state index in [4.69, 9.17) is 4.42 Å². The Hall–Kier alpha value is -1.72. The molecule has 0 spiro atoms. The van der Waals surface area contributed by atoms with Gasteiger partial charge < -0.3 is 9.32 Å². The number of nitrogens with zero attached hydrogens (tertiary/aromatic N) is 3. The van der Waals surface area contributed by atoms with E-state index in [1.165, 1.54) is 45.0 Å². The number of benzene rings is 1. The Morgan fingerprint density at radius 1 is 1.15 bits per heavy atom. The average Bonchev–Trinajstić information content (AvgIpc) is 3.13. The second kappa shape index (κ2) is 7.89. The highest BCUT2D eigenvalue weighted by atomic mass is 19.1. The van der Waals surface area contributed by atoms with Crippen LogP contribution in [0.4, 0.5) is 4.39 Å². The Balaban J connectivity index is 1.40. The second-order valence-electron chi connectivity index (χ2n) is 7.80. The summed E-state index contributed by atoms with van der Waals surface area (Å²) in [6.45, 7) is 4.61. The molecule has 0 radical (unpaired) electrons. The van der Waals surface area contributed by atoms with Crippen molar-refractivity contribution in [1.82, 2.24) is 14.8 Å². The number of piperidine rings is 2. The lowest BCUT2D eigenvalue weighted by Crippen LogP contribution is -2.47. The molecule has 26 heavy (non-hydrogen) atoms. The fraction of sp³-hybridized carbons (Fsp3) is 0.571. The number of oxazole rings is 1. The molecule has 4 nitrogen and oxygen atoms in total. The number of halogens is 1. The molecule has 2 aliphatic rings. The van der Waals surface area contributed by atoms with E-state index in [1.54, 1.807) is 18.3 Å². The molecule has 2 saturated heterocycles. The summed E-state index contributed by atoms with van der Waals surface area (Å²) in [5.41, 5.74) is 0.659. The van der Waals surface area contributed by atoms with Crippen molar-refractivity contribution >= 4 is 0 Å². The van der Waals surface area contributed by atoms with Gasteiger partial charge in [0.25, 0.3) is 0 Å². The number of hydrogen-bond donors (Lipinski definition) is 0. The Bertz CT molecular complexity index is 724. The van der Waals surface area contributed by atoms with E-state index in [0.717, 1.165) is 24.6 Å². The zero-order valence-electron chi connectivity index (χ0n) is 15.5. The van der Waals surface area contributed by atoms with Crippen molar-refractivity contribution in [2.75, 3.05) is 33.2 Å². The van der Waals surface area contributed by atoms with Gasteiger partial charge in [0.1, 0.15) is 11.6 Å². The first-order valence-electron chi connectivity index (χ1n) is 9.79. The van der Waals surface area contributed by atoms with Gasteiger partial charge in [0.15, 0.2) is 5.89 Å². The lowest BCUT2D eigenvalue weighted by Gasteiger charge is -2.41. The van der Waals surface area contributed by atoms with Crippen LogP contribution in [-0.2, 0) is 6.42 Å². The Morgan fingerprint density at radius 3 is 2.77 bits per heavy atom. The third-order valence-corrected chi connectivity index (χ3v) is 5.90. The second-order valence-corrected chi connectivity index (χ2v) is 7.80. The van der Waals surface area contributed by atoms with E-state index in [0.29, 0.717) is 23.9 Å². The van der Waals surface area contributed by atoms with Crippen LogP contribution < -0.4 is 0 Å². The van der Waals surface area contributed by atoms with Crippen molar-refractivity contribution < 1.29 is 8.81 Å². The van der Waals surface area contributed by atoms with Gasteiger partial charge in [-0.15, -0.1) is 0 Å². The number of rotatable bonds is 4. The van der Waals surface area contributed by atoms with Crippen molar-refractivity contribution in [2.45, 2.75) is 44.1 Å². The third kappa shape index (κ3) is 3.99. The van der Waals surface area contributed by atoms with E-state index in [1.807, 2.05) is 6.07 Å². The summed E-state index contributed by atoms with van der Waals surface area (Å²) in [6.07, 6.45) is 7.08. The zero-order chi connectivity index (χ0) is 17.9. The number of aromatic nitrogens is 1. The standard InChI is InChI=1S/C21H28FN3O/c1-24-11-8-18(9-12-24)25-10-4-6-17(15-25)21-23-14-19(26-21)13-16-5-2-3-7-20(16)22/h2-3,5,7,14,17-18H,4,6,8-13,15H2,1H3. The van der Waals surface area contributed by atoms with Crippen LogP contribution in [0.2, 0.25) is 0 Å². The fourth-order valence-electron chi connectivity index (χ4n) is 4.32. The van der Waals surface area contributed by atoms with E-state index >= 15 is 0 Å². The lowest BCUT2D eigenvalue weighted by atomic mass is 9.94. The summed E-state index contributed by atoms with van der Waals surface area (Å²) in [4.78, 5) is 9.59. The predicted octanol–water partition coefficient (Wildman–Crippen LogP) is 3.68. The van der Waals surface area contributed by atoms with Crippen molar-refractivity contribution in [2.24, 2.45) is 0 Å². The Kier molecular flexibility index (Phi) is 5.36. The van der Waals surface area contributed by atoms with Crippen LogP contribution in [-0.4, -0.2) is 54.1 Å². The topological polar surface area (TPSA) is 32.5 Å². The van der Waals surface area contributed by atoms with Gasteiger partial charge in [0, 0.05) is 24.9 Å². The quantitative estimate of drug-likeness (QED) is 0.836. The summed E-state index contributed by atoms with van der Waals surface area (Å²) in [5.74, 6) is 1.75. The van der Waals surface area contributed by atoms with Gasteiger partial charge in [0.2, 0.25) is 0 Å². The maximum absolute atomic E-state index is 13.8. The molecular formula is C21H28FN3O. The van der Waals surface area contributed by atoms with Crippen LogP contribution >= 0.6 is 0 Å². The molecule has 0 N–H and O–H groups in total. The van der Waals surface area contributed by atoms with E-state index in [2.05, 4.69) is 21.8 Å². The Labute approximate surface area is 155 Å². The van der Waals surface area contributed by atoms with Gasteiger partial charge in [-0.2, -0.15) is 0 Å². The average molecular weight is 357 g/mol. The first kappa shape index (κ1) is 17.7. The van der Waals surface area contributed by atoms with Gasteiger partial charge in [-0.1, -0.05) is 18.2 Å². The summed E-state index contributed by atoms with van der Waals surface area (Å²) in [7, 11) is 2.21. The van der Waals surface area contributed by atoms with Crippen molar-refractivity contribution in [3.05, 3.63) is 53.5 Å². The number of hydrogen-bond acceptors (Lipinski definition) is 4. The van der Waals surface area contributed by atoms with E-state index < -0.39 is 0 Å². The van der Waals surface area contributed by atoms with Crippen LogP contribution in [0, 0.1) is 5.82 Å². The van der Waals surface area contributed by atoms with Crippen molar-refractivity contribution in [3.63, 3.8) is 0 Å². The molecule has 0 amide bonds. The highest BCUT2D eigenvalue weighted by molar-refractivity contribution is 5.21. The van der Waals surface area contributed by atoms with Gasteiger partial charge in [-0.05, 0) is 64.0 Å². The fourth-order valence-corrected chi connectivity index (χ4v) is 4.32. The molecule has 5 heteroatoms. The van der Waals surface area contributed by atoms with Gasteiger partial charge in [-0.3, -0.25) is 4.90 Å². The largest absolute Gasteiger partial charge is 0.445 e. The summed E-state index contributed by atoms with van der Waals surface area (Å²) >= 11 is 0. The van der Waals surface area contributed by atoms with Crippen LogP contribution in [0.5, 0.6) is 0 Å². The minimum absolute atomic E-state index is 0.184. The van der Waals surface area contributed by atoms with Crippen LogP contribution in [0.15, 0.2) is 34.9 Å². The van der Waals surface area contributed by atoms with Crippen molar-refractivity contribution in [3.8, 4) is 0 Å². The minimum Gasteiger partial charge on any atom is -0.445 e. The molecule has 1 aromatic carbocycles. The monoisotopic (exact) mass is 357 g/mol. The SMILES string of the molecule is CN1CCC(N2CCCC(c3ncc(Cc4ccccc4F)o3)C2)CC1. The number of likely N-dealkylation sites (tertiary alicyclic amines) is 2. The summed E-state index contributed by atoms with van der Waals surface area (Å²) in [6, 6.07) is 7.56. The predicted molar refractivity (Wildman–Crippen MR) is 99.8 cm³/mol. The zero-order valence-corrected chi connectivity index (χ0v) is 15.5. The van der Waals surface area contributed by atoms with Crippen molar-refractivity contribution in [1.29, 1.82) is 0 Å². The summed E-state index contributed by atoms with van der Waals surface area (Å²) in [5, 5.41) is 0. The molecule has 1 aromatic heterocycles. The van der Waals surface area contributed by atoms with E-state index in [9.17, 15) is 4.39 Å². The molecule has 0 saturated carbocycles. The highest BCUT2D eigenvalue weighted by Crippen LogP contribution is 2.30. The normalized spacial score (nSPS) is 23.4. The molecule has 140 valence electrons. The first-order chi connectivity index (χ1) is 12.7. The molecule has 1 unspecified atom stereocenters. The molecule has 2 aromatic rings. The smallest absolute Gasteiger partial charge is 0.198 e. The van der Waals surface area contributed by atoms with E-state index in [-0.39, 0.29) is 5.82 Å². The van der Waals surface area contributed by atoms with Crippen LogP contribution in [0.3, 0.4) is 0 Å². The molecular weight excluding hydrogens is 329 g/mol. The van der Waals surface area contributed by atoms with Gasteiger partial charge in [0.05, 0.1) is 6.20 Å². The van der Waals surface area contributed by atoms with Crippen LogP contribution in [0.1, 0.15) is 48.8 Å². The maximum Gasteiger partial charge on any atom is 0.198 e. The molecule has 1 atom stereocenters. The summed E-state index contributed by atoms with van der Waals surface area (Å²) < 4.78 is 19.9. The molecule has 0 bridgehead atoms. The first-order valence-corrected chi connectivity index (χ1v) is 9.79. The third-order valence-electron chi connectivity index (χ3n) is 5.90. The molecule has 3 heterocycles. The van der Waals surface area contributed by atoms with Gasteiger partial charge >= 0.3 is 0 Å².